The highest BCUT2D eigenvalue weighted by molar-refractivity contribution is 5.97. The highest BCUT2D eigenvalue weighted by atomic mass is 19.1. The van der Waals surface area contributed by atoms with Crippen LogP contribution in [-0.4, -0.2) is 53.8 Å². The maximum atomic E-state index is 13.0. The van der Waals surface area contributed by atoms with Crippen LogP contribution in [0.15, 0.2) is 23.3 Å². The molecule has 1 aromatic rings. The maximum Gasteiger partial charge on any atom is 0.190 e. The summed E-state index contributed by atoms with van der Waals surface area (Å²) >= 11 is 0. The molecule has 1 N–H and O–H groups in total. The Hall–Kier alpha value is -1.57. The second-order valence-electron chi connectivity index (χ2n) is 6.41. The van der Waals surface area contributed by atoms with E-state index < -0.39 is 5.72 Å². The fourth-order valence-corrected chi connectivity index (χ4v) is 3.39. The number of likely N-dealkylation sites (tertiary alicyclic amines) is 1. The van der Waals surface area contributed by atoms with E-state index in [9.17, 15) is 4.39 Å². The number of hydrogen-bond acceptors (Lipinski definition) is 6. The zero-order valence-electron chi connectivity index (χ0n) is 13.0. The number of nitrogens with zero attached hydrogens (tertiary/aromatic N) is 3. The van der Waals surface area contributed by atoms with Gasteiger partial charge in [-0.15, -0.1) is 0 Å². The Balaban J connectivity index is 1.38. The van der Waals surface area contributed by atoms with Crippen LogP contribution < -0.4 is 5.48 Å². The van der Waals surface area contributed by atoms with Crippen molar-refractivity contribution in [3.05, 3.63) is 29.8 Å². The number of hydrogen-bond donors (Lipinski definition) is 1. The molecular weight excluding hydrogens is 299 g/mol. The number of aromatic nitrogens is 1. The van der Waals surface area contributed by atoms with Gasteiger partial charge in [-0.05, 0) is 25.0 Å². The largest absolute Gasteiger partial charge is 0.377 e. The van der Waals surface area contributed by atoms with Crippen LogP contribution in [0.25, 0.3) is 0 Å². The number of rotatable bonds is 3. The lowest BCUT2D eigenvalue weighted by molar-refractivity contribution is -0.0927. The minimum atomic E-state index is -0.515. The summed E-state index contributed by atoms with van der Waals surface area (Å²) in [7, 11) is 0. The van der Waals surface area contributed by atoms with Gasteiger partial charge in [0, 0.05) is 39.1 Å². The van der Waals surface area contributed by atoms with Crippen LogP contribution in [0.1, 0.15) is 31.4 Å². The van der Waals surface area contributed by atoms with E-state index in [2.05, 4.69) is 20.4 Å². The van der Waals surface area contributed by atoms with E-state index in [0.29, 0.717) is 17.6 Å². The molecule has 0 amide bonds. The number of ether oxygens (including phenoxy) is 1. The highest BCUT2D eigenvalue weighted by Crippen LogP contribution is 2.31. The third-order valence-corrected chi connectivity index (χ3v) is 4.75. The molecule has 2 fully saturated rings. The first-order valence-electron chi connectivity index (χ1n) is 8.22. The van der Waals surface area contributed by atoms with Gasteiger partial charge >= 0.3 is 0 Å². The van der Waals surface area contributed by atoms with Crippen molar-refractivity contribution in [1.82, 2.24) is 15.4 Å². The summed E-state index contributed by atoms with van der Waals surface area (Å²) in [6, 6.07) is 2.98. The van der Waals surface area contributed by atoms with Crippen molar-refractivity contribution in [3.63, 3.8) is 0 Å². The third-order valence-electron chi connectivity index (χ3n) is 4.75. The van der Waals surface area contributed by atoms with Gasteiger partial charge in [0.2, 0.25) is 0 Å². The molecule has 4 rings (SSSR count). The van der Waals surface area contributed by atoms with Crippen molar-refractivity contribution >= 4 is 5.84 Å². The highest BCUT2D eigenvalue weighted by Gasteiger charge is 2.41. The van der Waals surface area contributed by atoms with Crippen molar-refractivity contribution in [3.8, 4) is 0 Å². The molecule has 124 valence electrons. The molecule has 0 aromatic carbocycles. The van der Waals surface area contributed by atoms with E-state index in [0.717, 1.165) is 45.5 Å². The molecule has 23 heavy (non-hydrogen) atoms. The van der Waals surface area contributed by atoms with E-state index in [-0.39, 0.29) is 5.82 Å². The molecular formula is C16H21FN4O2. The quantitative estimate of drug-likeness (QED) is 0.914. The molecule has 6 nitrogen and oxygen atoms in total. The molecule has 3 aliphatic heterocycles. The predicted molar refractivity (Wildman–Crippen MR) is 82.3 cm³/mol. The number of nitrogens with one attached hydrogen (secondary N) is 1. The summed E-state index contributed by atoms with van der Waals surface area (Å²) in [6.07, 6.45) is 5.57. The SMILES string of the molecule is Fc1ccc(C2=NC3(CCN(CC4CCCO4)CC3)ON2)nc1. The fourth-order valence-electron chi connectivity index (χ4n) is 3.39. The standard InChI is InChI=1S/C16H21FN4O2/c17-12-3-4-14(18-10-12)15-19-16(23-20-15)5-7-21(8-6-16)11-13-2-1-9-22-13/h3-4,10,13H,1-2,5-9,11H2,(H,19,20). The minimum absolute atomic E-state index is 0.356. The van der Waals surface area contributed by atoms with Crippen molar-refractivity contribution in [2.45, 2.75) is 37.5 Å². The maximum absolute atomic E-state index is 13.0. The van der Waals surface area contributed by atoms with Crippen LogP contribution in [0.3, 0.4) is 0 Å². The number of piperidine rings is 1. The van der Waals surface area contributed by atoms with Gasteiger partial charge in [-0.25, -0.2) is 24.7 Å². The first-order chi connectivity index (χ1) is 11.2. The predicted octanol–water partition coefficient (Wildman–Crippen LogP) is 1.47. The second-order valence-corrected chi connectivity index (χ2v) is 6.41. The van der Waals surface area contributed by atoms with Crippen LogP contribution in [-0.2, 0) is 9.57 Å². The Labute approximate surface area is 134 Å². The molecule has 4 heterocycles. The fraction of sp³-hybridized carbons (Fsp3) is 0.625. The van der Waals surface area contributed by atoms with Crippen LogP contribution in [0.5, 0.6) is 0 Å². The van der Waals surface area contributed by atoms with Gasteiger partial charge in [-0.2, -0.15) is 0 Å². The van der Waals surface area contributed by atoms with E-state index in [1.54, 1.807) is 6.07 Å². The van der Waals surface area contributed by atoms with E-state index >= 15 is 0 Å². The Bertz CT molecular complexity index is 578. The van der Waals surface area contributed by atoms with Gasteiger partial charge < -0.3 is 9.64 Å². The lowest BCUT2D eigenvalue weighted by atomic mass is 10.0. The van der Waals surface area contributed by atoms with Crippen molar-refractivity contribution < 1.29 is 14.0 Å². The number of hydroxylamine groups is 1. The van der Waals surface area contributed by atoms with E-state index in [4.69, 9.17) is 9.57 Å². The molecule has 0 radical (unpaired) electrons. The Morgan fingerprint density at radius 3 is 2.91 bits per heavy atom. The second kappa shape index (κ2) is 6.14. The molecule has 3 aliphatic rings. The van der Waals surface area contributed by atoms with Gasteiger partial charge in [0.05, 0.1) is 12.3 Å². The number of pyridine rings is 1. The Morgan fingerprint density at radius 1 is 1.35 bits per heavy atom. The first kappa shape index (κ1) is 15.0. The van der Waals surface area contributed by atoms with Gasteiger partial charge in [-0.3, -0.25) is 0 Å². The molecule has 1 atom stereocenters. The molecule has 1 unspecified atom stereocenters. The molecule has 0 aliphatic carbocycles. The third kappa shape index (κ3) is 3.22. The number of aliphatic imine (C=N–C) groups is 1. The van der Waals surface area contributed by atoms with Crippen molar-refractivity contribution in [2.75, 3.05) is 26.2 Å². The molecule has 2 saturated heterocycles. The number of halogens is 1. The van der Waals surface area contributed by atoms with Crippen LogP contribution in [0, 0.1) is 5.82 Å². The Morgan fingerprint density at radius 2 is 2.22 bits per heavy atom. The summed E-state index contributed by atoms with van der Waals surface area (Å²) in [4.78, 5) is 16.9. The van der Waals surface area contributed by atoms with Crippen LogP contribution in [0.4, 0.5) is 4.39 Å². The average molecular weight is 320 g/mol. The average Bonchev–Trinajstić information content (AvgIpc) is 3.21. The lowest BCUT2D eigenvalue weighted by Gasteiger charge is -2.36. The molecule has 7 heteroatoms. The van der Waals surface area contributed by atoms with Crippen LogP contribution >= 0.6 is 0 Å². The summed E-state index contributed by atoms with van der Waals surface area (Å²) in [5.74, 6) is 0.225. The van der Waals surface area contributed by atoms with E-state index in [1.807, 2.05) is 0 Å². The molecule has 1 spiro atoms. The first-order valence-corrected chi connectivity index (χ1v) is 8.22. The normalized spacial score (nSPS) is 27.2. The molecule has 0 saturated carbocycles. The molecule has 0 bridgehead atoms. The van der Waals surface area contributed by atoms with Crippen molar-refractivity contribution in [1.29, 1.82) is 0 Å². The summed E-state index contributed by atoms with van der Waals surface area (Å²) in [5.41, 5.74) is 2.95. The smallest absolute Gasteiger partial charge is 0.190 e. The minimum Gasteiger partial charge on any atom is -0.377 e. The summed E-state index contributed by atoms with van der Waals surface area (Å²) < 4.78 is 18.7. The topological polar surface area (TPSA) is 59.0 Å². The van der Waals surface area contributed by atoms with Crippen molar-refractivity contribution in [2.24, 2.45) is 4.99 Å². The van der Waals surface area contributed by atoms with Gasteiger partial charge in [-0.1, -0.05) is 0 Å². The summed E-state index contributed by atoms with van der Waals surface area (Å²) in [6.45, 7) is 3.78. The van der Waals surface area contributed by atoms with Gasteiger partial charge in [0.25, 0.3) is 0 Å². The zero-order chi connectivity index (χ0) is 15.7. The zero-order valence-corrected chi connectivity index (χ0v) is 13.0. The monoisotopic (exact) mass is 320 g/mol. The van der Waals surface area contributed by atoms with Gasteiger partial charge in [0.15, 0.2) is 11.6 Å². The molecule has 1 aromatic heterocycles. The summed E-state index contributed by atoms with van der Waals surface area (Å²) in [5, 5.41) is 0. The van der Waals surface area contributed by atoms with E-state index in [1.165, 1.54) is 18.7 Å². The number of amidine groups is 1. The lowest BCUT2D eigenvalue weighted by Crippen LogP contribution is -2.46. The Kier molecular flexibility index (Phi) is 4.00. The van der Waals surface area contributed by atoms with Gasteiger partial charge in [0.1, 0.15) is 11.5 Å². The van der Waals surface area contributed by atoms with Crippen LogP contribution in [0.2, 0.25) is 0 Å².